The standard InChI is InChI=1S/C26H32BrClN4O.C6H8.CH4/c27-21-13-20-2-1-19-14-22(28)3-4-23(19)25(24(20)30-16-21)32-11-7-18(8-12-32)26(33)31-15-17-5-9-29-10-6-17;1-3-5-6-4-2;/h3-4,13-14,16-18,25,29H,1-2,5-12,15H2,(H,31,33);3-6H,1-2H2;1H4/b;6-5-;. The monoisotopic (exact) mass is 626 g/mol. The number of hydrogen-bond acceptors (Lipinski definition) is 4. The molecular formula is C33H44BrClN4O. The van der Waals surface area contributed by atoms with Crippen LogP contribution in [-0.2, 0) is 17.6 Å². The van der Waals surface area contributed by atoms with Gasteiger partial charge in [-0.1, -0.05) is 62.6 Å². The maximum Gasteiger partial charge on any atom is 0.223 e. The highest BCUT2D eigenvalue weighted by atomic mass is 79.9. The van der Waals surface area contributed by atoms with E-state index in [4.69, 9.17) is 16.6 Å². The second-order valence-electron chi connectivity index (χ2n) is 10.5. The minimum Gasteiger partial charge on any atom is -0.356 e. The normalized spacial score (nSPS) is 19.7. The number of nitrogens with one attached hydrogen (secondary N) is 2. The van der Waals surface area contributed by atoms with Crippen LogP contribution in [0.25, 0.3) is 0 Å². The van der Waals surface area contributed by atoms with E-state index in [0.29, 0.717) is 5.92 Å². The van der Waals surface area contributed by atoms with Gasteiger partial charge in [0.05, 0.1) is 11.7 Å². The molecule has 5 rings (SSSR count). The Kier molecular flexibility index (Phi) is 13.1. The topological polar surface area (TPSA) is 57.3 Å². The number of rotatable bonds is 6. The second kappa shape index (κ2) is 16.3. The van der Waals surface area contributed by atoms with Crippen molar-refractivity contribution in [2.45, 2.75) is 52.0 Å². The molecule has 3 heterocycles. The number of halogens is 2. The van der Waals surface area contributed by atoms with Gasteiger partial charge < -0.3 is 10.6 Å². The number of amides is 1. The maximum absolute atomic E-state index is 12.9. The molecule has 0 bridgehead atoms. The molecule has 5 nitrogen and oxygen atoms in total. The first-order chi connectivity index (χ1) is 19.0. The van der Waals surface area contributed by atoms with Crippen LogP contribution < -0.4 is 10.6 Å². The van der Waals surface area contributed by atoms with Crippen LogP contribution in [0.5, 0.6) is 0 Å². The van der Waals surface area contributed by atoms with Crippen molar-refractivity contribution in [3.8, 4) is 0 Å². The maximum atomic E-state index is 12.9. The fraction of sp³-hybridized carbons (Fsp3) is 0.455. The van der Waals surface area contributed by atoms with Crippen molar-refractivity contribution < 1.29 is 4.79 Å². The molecule has 0 radical (unpaired) electrons. The summed E-state index contributed by atoms with van der Waals surface area (Å²) in [6.45, 7) is 11.7. The second-order valence-corrected chi connectivity index (χ2v) is 11.9. The minimum absolute atomic E-state index is 0. The quantitative estimate of drug-likeness (QED) is 0.337. The van der Waals surface area contributed by atoms with Gasteiger partial charge >= 0.3 is 0 Å². The summed E-state index contributed by atoms with van der Waals surface area (Å²) in [5.41, 5.74) is 5.06. The first-order valence-corrected chi connectivity index (χ1v) is 15.2. The van der Waals surface area contributed by atoms with E-state index in [0.717, 1.165) is 86.4 Å². The molecule has 2 N–H and O–H groups in total. The summed E-state index contributed by atoms with van der Waals surface area (Å²) >= 11 is 9.96. The van der Waals surface area contributed by atoms with Crippen molar-refractivity contribution in [3.63, 3.8) is 0 Å². The van der Waals surface area contributed by atoms with Crippen molar-refractivity contribution in [2.24, 2.45) is 11.8 Å². The van der Waals surface area contributed by atoms with E-state index in [-0.39, 0.29) is 25.3 Å². The number of carbonyl (C=O) groups excluding carboxylic acids is 1. The van der Waals surface area contributed by atoms with Crippen LogP contribution >= 0.6 is 27.5 Å². The van der Waals surface area contributed by atoms with E-state index >= 15 is 0 Å². The lowest BCUT2D eigenvalue weighted by molar-refractivity contribution is -0.126. The lowest BCUT2D eigenvalue weighted by Crippen LogP contribution is -2.44. The minimum atomic E-state index is 0. The highest BCUT2D eigenvalue weighted by molar-refractivity contribution is 9.10. The lowest BCUT2D eigenvalue weighted by Gasteiger charge is -2.38. The summed E-state index contributed by atoms with van der Waals surface area (Å²) in [6.07, 6.45) is 15.0. The van der Waals surface area contributed by atoms with Crippen molar-refractivity contribution in [3.05, 3.63) is 99.8 Å². The van der Waals surface area contributed by atoms with Crippen LogP contribution in [0.3, 0.4) is 0 Å². The van der Waals surface area contributed by atoms with E-state index in [9.17, 15) is 4.79 Å². The van der Waals surface area contributed by atoms with Gasteiger partial charge in [0.15, 0.2) is 0 Å². The van der Waals surface area contributed by atoms with Gasteiger partial charge in [-0.3, -0.25) is 14.7 Å². The van der Waals surface area contributed by atoms with Gasteiger partial charge in [0.2, 0.25) is 5.91 Å². The fourth-order valence-corrected chi connectivity index (χ4v) is 6.41. The molecule has 0 spiro atoms. The summed E-state index contributed by atoms with van der Waals surface area (Å²) in [7, 11) is 0. The zero-order valence-corrected chi connectivity index (χ0v) is 25.0. The van der Waals surface area contributed by atoms with E-state index in [1.165, 1.54) is 16.7 Å². The largest absolute Gasteiger partial charge is 0.356 e. The number of pyridine rings is 1. The molecular weight excluding hydrogens is 584 g/mol. The molecule has 1 aromatic heterocycles. The summed E-state index contributed by atoms with van der Waals surface area (Å²) in [5.74, 6) is 0.964. The smallest absolute Gasteiger partial charge is 0.223 e. The molecule has 7 heteroatoms. The van der Waals surface area contributed by atoms with Gasteiger partial charge in [0.25, 0.3) is 0 Å². The molecule has 216 valence electrons. The van der Waals surface area contributed by atoms with Crippen LogP contribution in [-0.4, -0.2) is 48.5 Å². The van der Waals surface area contributed by atoms with Crippen molar-refractivity contribution in [1.82, 2.24) is 20.5 Å². The third-order valence-electron chi connectivity index (χ3n) is 7.96. The van der Waals surface area contributed by atoms with E-state index in [2.05, 4.69) is 62.8 Å². The molecule has 3 aliphatic rings. The first-order valence-electron chi connectivity index (χ1n) is 14.1. The molecule has 1 unspecified atom stereocenters. The number of allylic oxidation sites excluding steroid dienone is 4. The lowest BCUT2D eigenvalue weighted by atomic mass is 9.90. The number of aromatic nitrogens is 1. The van der Waals surface area contributed by atoms with E-state index in [1.807, 2.05) is 24.4 Å². The molecule has 40 heavy (non-hydrogen) atoms. The van der Waals surface area contributed by atoms with Crippen LogP contribution in [0.4, 0.5) is 0 Å². The molecule has 1 atom stereocenters. The zero-order valence-electron chi connectivity index (χ0n) is 22.7. The highest BCUT2D eigenvalue weighted by Crippen LogP contribution is 2.39. The van der Waals surface area contributed by atoms with Gasteiger partial charge in [0, 0.05) is 28.2 Å². The molecule has 0 saturated carbocycles. The molecule has 1 aromatic carbocycles. The van der Waals surface area contributed by atoms with E-state index in [1.54, 1.807) is 12.2 Å². The average Bonchev–Trinajstić information content (AvgIpc) is 3.12. The van der Waals surface area contributed by atoms with Crippen LogP contribution in [0.1, 0.15) is 61.5 Å². The molecule has 1 amide bonds. The number of likely N-dealkylation sites (tertiary alicyclic amines) is 1. The Morgan fingerprint density at radius 2 is 1.75 bits per heavy atom. The van der Waals surface area contributed by atoms with Gasteiger partial charge in [-0.05, 0) is 121 Å². The Labute approximate surface area is 254 Å². The Morgan fingerprint density at radius 1 is 1.07 bits per heavy atom. The fourth-order valence-electron chi connectivity index (χ4n) is 5.83. The number of aryl methyl sites for hydroxylation is 2. The van der Waals surface area contributed by atoms with Gasteiger partial charge in [-0.25, -0.2) is 0 Å². The number of nitrogens with zero attached hydrogens (tertiary/aromatic N) is 2. The SMILES string of the molecule is C.C=C/C=C\C=C.O=C(NCC1CCNCC1)C1CCN(C2c3ccc(Cl)cc3CCc3cc(Br)cnc32)CC1. The summed E-state index contributed by atoms with van der Waals surface area (Å²) in [5, 5.41) is 7.43. The number of fused-ring (bicyclic) bond motifs is 2. The third-order valence-corrected chi connectivity index (χ3v) is 8.63. The number of benzene rings is 1. The molecule has 1 aliphatic carbocycles. The Balaban J connectivity index is 0.000000570. The number of hydrogen-bond donors (Lipinski definition) is 2. The Morgan fingerprint density at radius 3 is 2.42 bits per heavy atom. The zero-order chi connectivity index (χ0) is 27.6. The van der Waals surface area contributed by atoms with Crippen LogP contribution in [0.15, 0.2) is 72.4 Å². The Hall–Kier alpha value is -2.25. The molecule has 2 saturated heterocycles. The predicted molar refractivity (Wildman–Crippen MR) is 172 cm³/mol. The molecule has 2 fully saturated rings. The van der Waals surface area contributed by atoms with E-state index < -0.39 is 0 Å². The summed E-state index contributed by atoms with van der Waals surface area (Å²) in [4.78, 5) is 20.3. The van der Waals surface area contributed by atoms with Gasteiger partial charge in [0.1, 0.15) is 0 Å². The van der Waals surface area contributed by atoms with Gasteiger partial charge in [-0.2, -0.15) is 0 Å². The van der Waals surface area contributed by atoms with Crippen molar-refractivity contribution in [1.29, 1.82) is 0 Å². The third kappa shape index (κ3) is 8.62. The first kappa shape index (κ1) is 32.3. The Bertz CT molecular complexity index is 1110. The molecule has 2 aromatic rings. The van der Waals surface area contributed by atoms with Crippen LogP contribution in [0.2, 0.25) is 5.02 Å². The molecule has 2 aliphatic heterocycles. The highest BCUT2D eigenvalue weighted by Gasteiger charge is 2.34. The number of piperidine rings is 2. The summed E-state index contributed by atoms with van der Waals surface area (Å²) < 4.78 is 1.02. The summed E-state index contributed by atoms with van der Waals surface area (Å²) in [6, 6.07) is 8.62. The average molecular weight is 628 g/mol. The predicted octanol–water partition coefficient (Wildman–Crippen LogP) is 7.06. The number of carbonyl (C=O) groups is 1. The van der Waals surface area contributed by atoms with Crippen molar-refractivity contribution >= 4 is 33.4 Å². The van der Waals surface area contributed by atoms with Crippen LogP contribution in [0, 0.1) is 11.8 Å². The van der Waals surface area contributed by atoms with Gasteiger partial charge in [-0.15, -0.1) is 0 Å². The van der Waals surface area contributed by atoms with Crippen molar-refractivity contribution in [2.75, 3.05) is 32.7 Å².